The number of anilines is 2. The Morgan fingerprint density at radius 2 is 1.71 bits per heavy atom. The molecule has 0 amide bonds. The number of hydrogen-bond acceptors (Lipinski definition) is 6. The van der Waals surface area contributed by atoms with Crippen molar-refractivity contribution in [1.82, 2.24) is 4.98 Å². The molecule has 2 aromatic rings. The third-order valence-corrected chi connectivity index (χ3v) is 3.98. The fourth-order valence-electron chi connectivity index (χ4n) is 2.78. The zero-order valence-corrected chi connectivity index (χ0v) is 12.8. The van der Waals surface area contributed by atoms with Crippen molar-refractivity contribution >= 4 is 23.2 Å². The van der Waals surface area contributed by atoms with Gasteiger partial charge in [0.15, 0.2) is 5.69 Å². The van der Waals surface area contributed by atoms with Crippen LogP contribution in [0.1, 0.15) is 10.5 Å². The molecule has 1 aliphatic heterocycles. The molecular weight excluding hydrogens is 312 g/mol. The summed E-state index contributed by atoms with van der Waals surface area (Å²) in [6, 6.07) is 11.6. The summed E-state index contributed by atoms with van der Waals surface area (Å²) in [6.45, 7) is 2.43. The minimum Gasteiger partial charge on any atom is -0.477 e. The summed E-state index contributed by atoms with van der Waals surface area (Å²) in [5, 5.41) is 20.2. The number of nitrogens with zero attached hydrogens (tertiary/aromatic N) is 4. The van der Waals surface area contributed by atoms with E-state index in [0.29, 0.717) is 37.7 Å². The molecule has 0 bridgehead atoms. The number of carboxylic acids is 1. The van der Waals surface area contributed by atoms with Gasteiger partial charge in [0.05, 0.1) is 4.92 Å². The summed E-state index contributed by atoms with van der Waals surface area (Å²) in [7, 11) is 0. The van der Waals surface area contributed by atoms with Crippen LogP contribution in [0, 0.1) is 10.1 Å². The minimum atomic E-state index is -1.06. The van der Waals surface area contributed by atoms with Crippen LogP contribution in [-0.2, 0) is 0 Å². The molecule has 0 atom stereocenters. The number of pyridine rings is 1. The lowest BCUT2D eigenvalue weighted by molar-refractivity contribution is -0.384. The van der Waals surface area contributed by atoms with Crippen LogP contribution >= 0.6 is 0 Å². The molecule has 0 saturated carbocycles. The van der Waals surface area contributed by atoms with Gasteiger partial charge in [-0.15, -0.1) is 0 Å². The predicted molar refractivity (Wildman–Crippen MR) is 88.7 cm³/mol. The van der Waals surface area contributed by atoms with Crippen LogP contribution < -0.4 is 9.80 Å². The molecule has 0 radical (unpaired) electrons. The summed E-state index contributed by atoms with van der Waals surface area (Å²) in [5.74, 6) is -0.451. The number of benzene rings is 1. The second-order valence-electron chi connectivity index (χ2n) is 5.41. The van der Waals surface area contributed by atoms with E-state index in [-0.39, 0.29) is 16.3 Å². The highest BCUT2D eigenvalue weighted by atomic mass is 16.6. The number of nitro groups is 1. The lowest BCUT2D eigenvalue weighted by Crippen LogP contribution is -2.47. The average molecular weight is 328 g/mol. The Hall–Kier alpha value is -3.16. The van der Waals surface area contributed by atoms with E-state index in [0.717, 1.165) is 0 Å². The number of aromatic nitrogens is 1. The topological polar surface area (TPSA) is 99.8 Å². The Balaban J connectivity index is 1.74. The zero-order chi connectivity index (χ0) is 17.1. The van der Waals surface area contributed by atoms with Crippen LogP contribution in [0.15, 0.2) is 42.5 Å². The number of rotatable bonds is 4. The molecule has 8 heteroatoms. The first-order chi connectivity index (χ1) is 11.6. The molecule has 1 aromatic carbocycles. The van der Waals surface area contributed by atoms with Crippen LogP contribution in [0.3, 0.4) is 0 Å². The van der Waals surface area contributed by atoms with Gasteiger partial charge in [-0.05, 0) is 18.2 Å². The second kappa shape index (κ2) is 6.53. The predicted octanol–water partition coefficient (Wildman–Crippen LogP) is 2.01. The number of nitro benzene ring substituents is 1. The number of carboxylic acid groups (broad SMARTS) is 1. The van der Waals surface area contributed by atoms with Crippen molar-refractivity contribution in [3.05, 3.63) is 58.3 Å². The fourth-order valence-corrected chi connectivity index (χ4v) is 2.78. The standard InChI is InChI=1S/C16H16N4O4/c21-16(22)12-4-3-7-15(17-12)19-10-8-18(9-11-19)13-5-1-2-6-14(13)20(23)24/h1-7H,8-11H2,(H,21,22). The first-order valence-corrected chi connectivity index (χ1v) is 7.50. The molecule has 124 valence electrons. The third-order valence-electron chi connectivity index (χ3n) is 3.98. The summed E-state index contributed by atoms with van der Waals surface area (Å²) < 4.78 is 0. The third kappa shape index (κ3) is 3.12. The Morgan fingerprint density at radius 1 is 1.04 bits per heavy atom. The molecule has 1 aliphatic rings. The van der Waals surface area contributed by atoms with Crippen molar-refractivity contribution < 1.29 is 14.8 Å². The van der Waals surface area contributed by atoms with Gasteiger partial charge < -0.3 is 14.9 Å². The van der Waals surface area contributed by atoms with Gasteiger partial charge in [-0.1, -0.05) is 18.2 Å². The van der Waals surface area contributed by atoms with Gasteiger partial charge in [-0.3, -0.25) is 10.1 Å². The second-order valence-corrected chi connectivity index (χ2v) is 5.41. The van der Waals surface area contributed by atoms with Gasteiger partial charge in [0.1, 0.15) is 11.5 Å². The van der Waals surface area contributed by atoms with Crippen LogP contribution in [0.4, 0.5) is 17.2 Å². The minimum absolute atomic E-state index is 0.00799. The summed E-state index contributed by atoms with van der Waals surface area (Å²) >= 11 is 0. The first kappa shape index (κ1) is 15.7. The molecule has 0 aliphatic carbocycles. The largest absolute Gasteiger partial charge is 0.477 e. The Bertz CT molecular complexity index is 772. The summed E-state index contributed by atoms with van der Waals surface area (Å²) in [6.07, 6.45) is 0. The lowest BCUT2D eigenvalue weighted by Gasteiger charge is -2.36. The molecule has 0 unspecified atom stereocenters. The molecule has 24 heavy (non-hydrogen) atoms. The highest BCUT2D eigenvalue weighted by Gasteiger charge is 2.24. The SMILES string of the molecule is O=C(O)c1cccc(N2CCN(c3ccccc3[N+](=O)[O-])CC2)n1. The van der Waals surface area contributed by atoms with Gasteiger partial charge in [0.2, 0.25) is 0 Å². The van der Waals surface area contributed by atoms with Crippen molar-refractivity contribution in [2.45, 2.75) is 0 Å². The number of hydrogen-bond donors (Lipinski definition) is 1. The van der Waals surface area contributed by atoms with Crippen molar-refractivity contribution in [2.75, 3.05) is 36.0 Å². The van der Waals surface area contributed by atoms with Crippen LogP contribution in [0.5, 0.6) is 0 Å². The number of aromatic carboxylic acids is 1. The maximum absolute atomic E-state index is 11.2. The molecule has 2 heterocycles. The Labute approximate surface area is 138 Å². The molecule has 0 spiro atoms. The van der Waals surface area contributed by atoms with Crippen LogP contribution in [0.25, 0.3) is 0 Å². The normalized spacial score (nSPS) is 14.5. The van der Waals surface area contributed by atoms with E-state index in [9.17, 15) is 14.9 Å². The number of para-hydroxylation sites is 2. The van der Waals surface area contributed by atoms with Gasteiger partial charge >= 0.3 is 5.97 Å². The highest BCUT2D eigenvalue weighted by Crippen LogP contribution is 2.28. The summed E-state index contributed by atoms with van der Waals surface area (Å²) in [5.41, 5.74) is 0.708. The fraction of sp³-hybridized carbons (Fsp3) is 0.250. The molecular formula is C16H16N4O4. The van der Waals surface area contributed by atoms with Crippen LogP contribution in [-0.4, -0.2) is 47.2 Å². The van der Waals surface area contributed by atoms with Crippen molar-refractivity contribution in [1.29, 1.82) is 0 Å². The molecule has 3 rings (SSSR count). The smallest absolute Gasteiger partial charge is 0.354 e. The van der Waals surface area contributed by atoms with Crippen molar-refractivity contribution in [3.8, 4) is 0 Å². The molecule has 1 N–H and O–H groups in total. The highest BCUT2D eigenvalue weighted by molar-refractivity contribution is 5.85. The summed E-state index contributed by atoms with van der Waals surface area (Å²) in [4.78, 5) is 29.9. The van der Waals surface area contributed by atoms with Gasteiger partial charge in [-0.2, -0.15) is 0 Å². The Morgan fingerprint density at radius 3 is 2.38 bits per heavy atom. The van der Waals surface area contributed by atoms with Gasteiger partial charge in [-0.25, -0.2) is 9.78 Å². The van der Waals surface area contributed by atoms with Crippen molar-refractivity contribution in [3.63, 3.8) is 0 Å². The van der Waals surface area contributed by atoms with Gasteiger partial charge in [0, 0.05) is 32.2 Å². The van der Waals surface area contributed by atoms with E-state index in [1.54, 1.807) is 30.3 Å². The molecule has 1 fully saturated rings. The Kier molecular flexibility index (Phi) is 4.28. The van der Waals surface area contributed by atoms with E-state index in [4.69, 9.17) is 5.11 Å². The maximum Gasteiger partial charge on any atom is 0.354 e. The molecule has 1 aromatic heterocycles. The number of carbonyl (C=O) groups is 1. The van der Waals surface area contributed by atoms with E-state index >= 15 is 0 Å². The maximum atomic E-state index is 11.2. The lowest BCUT2D eigenvalue weighted by atomic mass is 10.2. The van der Waals surface area contributed by atoms with E-state index < -0.39 is 5.97 Å². The molecule has 1 saturated heterocycles. The number of piperazine rings is 1. The van der Waals surface area contributed by atoms with Crippen molar-refractivity contribution in [2.24, 2.45) is 0 Å². The molecule has 8 nitrogen and oxygen atoms in total. The zero-order valence-electron chi connectivity index (χ0n) is 12.8. The van der Waals surface area contributed by atoms with E-state index in [1.165, 1.54) is 12.1 Å². The van der Waals surface area contributed by atoms with E-state index in [1.807, 2.05) is 9.80 Å². The van der Waals surface area contributed by atoms with Crippen LogP contribution in [0.2, 0.25) is 0 Å². The first-order valence-electron chi connectivity index (χ1n) is 7.50. The quantitative estimate of drug-likeness (QED) is 0.677. The van der Waals surface area contributed by atoms with E-state index in [2.05, 4.69) is 4.98 Å². The van der Waals surface area contributed by atoms with Gasteiger partial charge in [0.25, 0.3) is 5.69 Å². The monoisotopic (exact) mass is 328 g/mol. The average Bonchev–Trinajstić information content (AvgIpc) is 2.62.